The van der Waals surface area contributed by atoms with Gasteiger partial charge in [-0.05, 0) is 6.42 Å². The summed E-state index contributed by atoms with van der Waals surface area (Å²) in [5.41, 5.74) is 0. The first kappa shape index (κ1) is 35.0. The van der Waals surface area contributed by atoms with Crippen LogP contribution >= 0.6 is 0 Å². The highest BCUT2D eigenvalue weighted by atomic mass is 16.6. The van der Waals surface area contributed by atoms with Crippen molar-refractivity contribution in [1.82, 2.24) is 0 Å². The van der Waals surface area contributed by atoms with Crippen LogP contribution in [0.2, 0.25) is 0 Å². The number of esters is 1. The van der Waals surface area contributed by atoms with E-state index in [0.29, 0.717) is 59.5 Å². The highest BCUT2D eigenvalue weighted by Gasteiger charge is 1.97. The normalized spacial score (nSPS) is 11.1. The van der Waals surface area contributed by atoms with Gasteiger partial charge in [0.2, 0.25) is 0 Å². The maximum absolute atomic E-state index is 10.8. The first-order chi connectivity index (χ1) is 17.8. The van der Waals surface area contributed by atoms with Crippen molar-refractivity contribution >= 4 is 5.97 Å². The molecule has 0 fully saturated rings. The summed E-state index contributed by atoms with van der Waals surface area (Å²) in [5.74, 6) is -0.441. The van der Waals surface area contributed by atoms with Crippen LogP contribution in [-0.4, -0.2) is 78.6 Å². The molecule has 0 N–H and O–H groups in total. The quantitative estimate of drug-likeness (QED) is 0.0610. The second-order valence-electron chi connectivity index (χ2n) is 9.03. The van der Waals surface area contributed by atoms with Crippen LogP contribution in [0.1, 0.15) is 96.8 Å². The maximum atomic E-state index is 10.8. The fourth-order valence-electron chi connectivity index (χ4n) is 3.64. The Morgan fingerprint density at radius 1 is 0.472 bits per heavy atom. The van der Waals surface area contributed by atoms with Crippen LogP contribution in [-0.2, 0) is 33.2 Å². The Morgan fingerprint density at radius 3 is 1.14 bits per heavy atom. The third-order valence-electron chi connectivity index (χ3n) is 5.77. The number of ether oxygens (including phenoxy) is 6. The van der Waals surface area contributed by atoms with E-state index < -0.39 is 5.97 Å². The summed E-state index contributed by atoms with van der Waals surface area (Å²) < 4.78 is 32.1. The molecule has 0 heterocycles. The summed E-state index contributed by atoms with van der Waals surface area (Å²) >= 11 is 0. The molecular weight excluding hydrogens is 460 g/mol. The van der Waals surface area contributed by atoms with Gasteiger partial charge in [0.25, 0.3) is 0 Å². The van der Waals surface area contributed by atoms with E-state index in [2.05, 4.69) is 13.5 Å². The van der Waals surface area contributed by atoms with Crippen LogP contribution in [0.3, 0.4) is 0 Å². The number of hydrogen-bond acceptors (Lipinski definition) is 7. The molecule has 7 nitrogen and oxygen atoms in total. The Labute approximate surface area is 221 Å². The van der Waals surface area contributed by atoms with Gasteiger partial charge in [0.05, 0.1) is 59.5 Å². The van der Waals surface area contributed by atoms with Gasteiger partial charge >= 0.3 is 5.97 Å². The molecule has 0 aromatic carbocycles. The summed E-state index contributed by atoms with van der Waals surface area (Å²) in [6, 6.07) is 0. The van der Waals surface area contributed by atoms with Crippen LogP contribution in [0.4, 0.5) is 0 Å². The molecule has 0 atom stereocenters. The monoisotopic (exact) mass is 516 g/mol. The molecule has 0 spiro atoms. The highest BCUT2D eigenvalue weighted by Crippen LogP contribution is 2.12. The van der Waals surface area contributed by atoms with Crippen molar-refractivity contribution in [3.05, 3.63) is 12.7 Å². The highest BCUT2D eigenvalue weighted by molar-refractivity contribution is 5.81. The minimum absolute atomic E-state index is 0.221. The van der Waals surface area contributed by atoms with E-state index in [0.717, 1.165) is 19.1 Å². The number of carbonyl (C=O) groups excluding carboxylic acids is 1. The molecule has 0 aliphatic carbocycles. The lowest BCUT2D eigenvalue weighted by Crippen LogP contribution is -2.14. The first-order valence-corrected chi connectivity index (χ1v) is 14.5. The fourth-order valence-corrected chi connectivity index (χ4v) is 3.64. The Bertz CT molecular complexity index is 445. The van der Waals surface area contributed by atoms with Gasteiger partial charge in [-0.15, -0.1) is 0 Å². The zero-order chi connectivity index (χ0) is 26.2. The van der Waals surface area contributed by atoms with Crippen molar-refractivity contribution in [2.24, 2.45) is 0 Å². The summed E-state index contributed by atoms with van der Waals surface area (Å²) in [6.07, 6.45) is 20.4. The lowest BCUT2D eigenvalue weighted by molar-refractivity contribution is -0.139. The second kappa shape index (κ2) is 32.0. The van der Waals surface area contributed by atoms with Crippen molar-refractivity contribution in [1.29, 1.82) is 0 Å². The summed E-state index contributed by atoms with van der Waals surface area (Å²) in [4.78, 5) is 10.8. The molecule has 0 radical (unpaired) electrons. The first-order valence-electron chi connectivity index (χ1n) is 14.5. The van der Waals surface area contributed by atoms with Crippen LogP contribution < -0.4 is 0 Å². The van der Waals surface area contributed by atoms with Crippen LogP contribution in [0, 0.1) is 0 Å². The van der Waals surface area contributed by atoms with Crippen molar-refractivity contribution in [3.63, 3.8) is 0 Å². The number of hydrogen-bond donors (Lipinski definition) is 0. The van der Waals surface area contributed by atoms with Crippen LogP contribution in [0.25, 0.3) is 0 Å². The van der Waals surface area contributed by atoms with E-state index in [4.69, 9.17) is 28.4 Å². The van der Waals surface area contributed by atoms with E-state index in [1.165, 1.54) is 83.5 Å². The minimum atomic E-state index is -0.441. The fraction of sp³-hybridized carbons (Fsp3) is 0.897. The van der Waals surface area contributed by atoms with Crippen molar-refractivity contribution < 1.29 is 33.2 Å². The lowest BCUT2D eigenvalue weighted by Gasteiger charge is -2.08. The maximum Gasteiger partial charge on any atom is 0.330 e. The van der Waals surface area contributed by atoms with Crippen molar-refractivity contribution in [2.45, 2.75) is 96.8 Å². The summed E-state index contributed by atoms with van der Waals surface area (Å²) in [5, 5.41) is 0. The minimum Gasteiger partial charge on any atom is -0.460 e. The molecule has 0 aliphatic rings. The molecule has 7 heteroatoms. The van der Waals surface area contributed by atoms with Gasteiger partial charge in [-0.3, -0.25) is 0 Å². The number of rotatable bonds is 31. The Kier molecular flexibility index (Phi) is 31.2. The lowest BCUT2D eigenvalue weighted by atomic mass is 10.0. The van der Waals surface area contributed by atoms with Gasteiger partial charge in [-0.2, -0.15) is 0 Å². The Morgan fingerprint density at radius 2 is 0.778 bits per heavy atom. The van der Waals surface area contributed by atoms with Crippen molar-refractivity contribution in [3.8, 4) is 0 Å². The summed E-state index contributed by atoms with van der Waals surface area (Å²) in [7, 11) is 0. The van der Waals surface area contributed by atoms with Crippen LogP contribution in [0.15, 0.2) is 12.7 Å². The molecule has 0 rings (SSSR count). The molecule has 0 aliphatic heterocycles. The van der Waals surface area contributed by atoms with Gasteiger partial charge in [-0.1, -0.05) is 97.0 Å². The molecule has 0 saturated heterocycles. The molecule has 214 valence electrons. The van der Waals surface area contributed by atoms with E-state index >= 15 is 0 Å². The average Bonchev–Trinajstić information content (AvgIpc) is 2.89. The molecule has 0 aromatic heterocycles. The third kappa shape index (κ3) is 31.0. The van der Waals surface area contributed by atoms with E-state index in [1.54, 1.807) is 0 Å². The Balaban J connectivity index is 3.03. The van der Waals surface area contributed by atoms with E-state index in [9.17, 15) is 4.79 Å². The standard InChI is InChI=1S/C29H56O7/c1-3-5-6-7-8-9-10-11-12-13-14-15-16-17-18-31-19-20-32-21-22-33-23-24-34-25-26-35-27-28-36-29(30)4-2/h4H,2-3,5-28H2,1H3. The zero-order valence-electron chi connectivity index (χ0n) is 23.3. The van der Waals surface area contributed by atoms with Gasteiger partial charge in [0.1, 0.15) is 6.61 Å². The van der Waals surface area contributed by atoms with Gasteiger partial charge in [-0.25, -0.2) is 4.79 Å². The van der Waals surface area contributed by atoms with Gasteiger partial charge in [0, 0.05) is 12.7 Å². The van der Waals surface area contributed by atoms with Gasteiger partial charge < -0.3 is 28.4 Å². The SMILES string of the molecule is C=CC(=O)OCCOCCOCCOCCOCCOCCCCCCCCCCCCCCCC. The second-order valence-corrected chi connectivity index (χ2v) is 9.03. The number of carbonyl (C=O) groups is 1. The zero-order valence-corrected chi connectivity index (χ0v) is 23.3. The molecule has 0 amide bonds. The largest absolute Gasteiger partial charge is 0.460 e. The van der Waals surface area contributed by atoms with Gasteiger partial charge in [0.15, 0.2) is 0 Å². The molecule has 0 unspecified atom stereocenters. The Hall–Kier alpha value is -0.990. The molecule has 0 saturated carbocycles. The smallest absolute Gasteiger partial charge is 0.330 e. The third-order valence-corrected chi connectivity index (χ3v) is 5.77. The predicted octanol–water partition coefficient (Wildman–Crippen LogP) is 6.28. The molecule has 36 heavy (non-hydrogen) atoms. The average molecular weight is 517 g/mol. The van der Waals surface area contributed by atoms with Crippen molar-refractivity contribution in [2.75, 3.05) is 72.7 Å². The number of unbranched alkanes of at least 4 members (excludes halogenated alkanes) is 13. The predicted molar refractivity (Wildman–Crippen MR) is 146 cm³/mol. The van der Waals surface area contributed by atoms with E-state index in [1.807, 2.05) is 0 Å². The topological polar surface area (TPSA) is 72.5 Å². The molecule has 0 aromatic rings. The molecule has 0 bridgehead atoms. The molecular formula is C29H56O7. The summed E-state index contributed by atoms with van der Waals surface area (Å²) in [6.45, 7) is 11.3. The van der Waals surface area contributed by atoms with E-state index in [-0.39, 0.29) is 6.61 Å². The van der Waals surface area contributed by atoms with Crippen LogP contribution in [0.5, 0.6) is 0 Å².